The summed E-state index contributed by atoms with van der Waals surface area (Å²) in [5.41, 5.74) is 10.9. The lowest BCUT2D eigenvalue weighted by Gasteiger charge is -2.16. The van der Waals surface area contributed by atoms with Crippen LogP contribution >= 0.6 is 11.6 Å². The first-order chi connectivity index (χ1) is 16.9. The molecular formula is C27H23ClN6O. The maximum Gasteiger partial charge on any atom is 0.251 e. The van der Waals surface area contributed by atoms with Crippen molar-refractivity contribution in [2.45, 2.75) is 6.04 Å². The van der Waals surface area contributed by atoms with E-state index in [0.29, 0.717) is 22.0 Å². The van der Waals surface area contributed by atoms with E-state index < -0.39 is 0 Å². The molecule has 5 aromatic rings. The van der Waals surface area contributed by atoms with Crippen LogP contribution in [0.4, 0.5) is 0 Å². The van der Waals surface area contributed by atoms with Crippen LogP contribution in [-0.4, -0.2) is 19.1 Å². The number of imidazole rings is 1. The largest absolute Gasteiger partial charge is 0.341 e. The SMILES string of the molecule is Cn1c(=O)cc(-c2cccc(Cl)n2)c2cc(C(N)c3ccc(C#N)cc3)ccc21.Cn1ccnc1. The van der Waals surface area contributed by atoms with E-state index in [1.165, 1.54) is 0 Å². The number of nitriles is 1. The molecule has 3 heterocycles. The van der Waals surface area contributed by atoms with Crippen LogP contribution in [0.3, 0.4) is 0 Å². The molecule has 7 nitrogen and oxygen atoms in total. The molecule has 0 spiro atoms. The van der Waals surface area contributed by atoms with Crippen LogP contribution in [0.1, 0.15) is 22.7 Å². The minimum absolute atomic E-state index is 0.126. The fraction of sp³-hybridized carbons (Fsp3) is 0.111. The number of aryl methyl sites for hydroxylation is 2. The van der Waals surface area contributed by atoms with E-state index >= 15 is 0 Å². The van der Waals surface area contributed by atoms with E-state index in [0.717, 1.165) is 22.0 Å². The molecule has 35 heavy (non-hydrogen) atoms. The molecule has 0 saturated heterocycles. The number of nitrogens with two attached hydrogens (primary N) is 1. The molecule has 2 N–H and O–H groups in total. The maximum absolute atomic E-state index is 12.5. The van der Waals surface area contributed by atoms with Gasteiger partial charge in [0.05, 0.1) is 35.2 Å². The summed E-state index contributed by atoms with van der Waals surface area (Å²) in [7, 11) is 3.67. The van der Waals surface area contributed by atoms with Gasteiger partial charge in [0.2, 0.25) is 0 Å². The molecule has 3 aromatic heterocycles. The Labute approximate surface area is 207 Å². The molecule has 0 aliphatic carbocycles. The van der Waals surface area contributed by atoms with E-state index in [2.05, 4.69) is 16.0 Å². The van der Waals surface area contributed by atoms with Gasteiger partial charge in [-0.3, -0.25) is 4.79 Å². The molecule has 0 fully saturated rings. The highest BCUT2D eigenvalue weighted by atomic mass is 35.5. The molecule has 8 heteroatoms. The quantitative estimate of drug-likeness (QED) is 0.379. The van der Waals surface area contributed by atoms with E-state index in [4.69, 9.17) is 22.6 Å². The van der Waals surface area contributed by atoms with Gasteiger partial charge in [0.25, 0.3) is 5.56 Å². The van der Waals surface area contributed by atoms with E-state index in [1.54, 1.807) is 54.5 Å². The van der Waals surface area contributed by atoms with Crippen LogP contribution < -0.4 is 11.3 Å². The van der Waals surface area contributed by atoms with Crippen molar-refractivity contribution in [3.05, 3.63) is 118 Å². The zero-order valence-electron chi connectivity index (χ0n) is 19.3. The second-order valence-corrected chi connectivity index (χ2v) is 8.40. The highest BCUT2D eigenvalue weighted by Crippen LogP contribution is 2.30. The first-order valence-corrected chi connectivity index (χ1v) is 11.2. The molecule has 0 radical (unpaired) electrons. The molecule has 0 amide bonds. The Morgan fingerprint density at radius 1 is 1.03 bits per heavy atom. The lowest BCUT2D eigenvalue weighted by Crippen LogP contribution is -2.17. The Morgan fingerprint density at radius 2 is 1.77 bits per heavy atom. The minimum Gasteiger partial charge on any atom is -0.341 e. The maximum atomic E-state index is 12.5. The number of aromatic nitrogens is 4. The molecule has 1 unspecified atom stereocenters. The summed E-state index contributed by atoms with van der Waals surface area (Å²) in [6.45, 7) is 0. The predicted molar refractivity (Wildman–Crippen MR) is 138 cm³/mol. The van der Waals surface area contributed by atoms with Gasteiger partial charge in [-0.25, -0.2) is 9.97 Å². The molecule has 1 atom stereocenters. The molecule has 0 aliphatic heterocycles. The van der Waals surface area contributed by atoms with Crippen LogP contribution in [0, 0.1) is 11.3 Å². The normalized spacial score (nSPS) is 11.4. The zero-order valence-corrected chi connectivity index (χ0v) is 20.0. The van der Waals surface area contributed by atoms with E-state index in [1.807, 2.05) is 54.2 Å². The van der Waals surface area contributed by atoms with Crippen molar-refractivity contribution in [3.8, 4) is 17.3 Å². The average molecular weight is 483 g/mol. The van der Waals surface area contributed by atoms with Crippen LogP contribution in [0.5, 0.6) is 0 Å². The summed E-state index contributed by atoms with van der Waals surface area (Å²) < 4.78 is 3.49. The summed E-state index contributed by atoms with van der Waals surface area (Å²) in [4.78, 5) is 20.6. The number of nitrogens with zero attached hydrogens (tertiary/aromatic N) is 5. The highest BCUT2D eigenvalue weighted by molar-refractivity contribution is 6.29. The number of benzene rings is 2. The lowest BCUT2D eigenvalue weighted by molar-refractivity contribution is 0.869. The topological polar surface area (TPSA) is 103 Å². The molecule has 0 aliphatic rings. The average Bonchev–Trinajstić information content (AvgIpc) is 3.36. The van der Waals surface area contributed by atoms with Crippen molar-refractivity contribution in [2.75, 3.05) is 0 Å². The number of fused-ring (bicyclic) bond motifs is 1. The molecule has 0 bridgehead atoms. The summed E-state index contributed by atoms with van der Waals surface area (Å²) >= 11 is 6.07. The monoisotopic (exact) mass is 482 g/mol. The van der Waals surface area contributed by atoms with Crippen molar-refractivity contribution in [3.63, 3.8) is 0 Å². The molecule has 174 valence electrons. The Kier molecular flexibility index (Phi) is 7.06. The second-order valence-electron chi connectivity index (χ2n) is 8.02. The van der Waals surface area contributed by atoms with Gasteiger partial charge in [0.15, 0.2) is 0 Å². The van der Waals surface area contributed by atoms with Gasteiger partial charge in [-0.05, 0) is 47.5 Å². The van der Waals surface area contributed by atoms with Crippen molar-refractivity contribution in [1.29, 1.82) is 5.26 Å². The Balaban J connectivity index is 0.000000421. The number of halogens is 1. The van der Waals surface area contributed by atoms with Crippen molar-refractivity contribution >= 4 is 22.5 Å². The lowest BCUT2D eigenvalue weighted by atomic mass is 9.95. The smallest absolute Gasteiger partial charge is 0.251 e. The summed E-state index contributed by atoms with van der Waals surface area (Å²) in [5.74, 6) is 0. The predicted octanol–water partition coefficient (Wildman–Crippen LogP) is 4.59. The molecule has 2 aromatic carbocycles. The van der Waals surface area contributed by atoms with Gasteiger partial charge in [-0.2, -0.15) is 5.26 Å². The first kappa shape index (κ1) is 23.9. The highest BCUT2D eigenvalue weighted by Gasteiger charge is 2.14. The third kappa shape index (κ3) is 5.30. The van der Waals surface area contributed by atoms with Crippen molar-refractivity contribution in [1.82, 2.24) is 19.1 Å². The van der Waals surface area contributed by atoms with Crippen molar-refractivity contribution < 1.29 is 0 Å². The zero-order chi connectivity index (χ0) is 24.9. The molecular weight excluding hydrogens is 460 g/mol. The third-order valence-corrected chi connectivity index (χ3v) is 5.87. The van der Waals surface area contributed by atoms with Crippen LogP contribution in [-0.2, 0) is 14.1 Å². The van der Waals surface area contributed by atoms with Crippen molar-refractivity contribution in [2.24, 2.45) is 19.8 Å². The fourth-order valence-electron chi connectivity index (χ4n) is 3.73. The van der Waals surface area contributed by atoms with Gasteiger partial charge in [0, 0.05) is 43.5 Å². The summed E-state index contributed by atoms with van der Waals surface area (Å²) in [5, 5.41) is 10.2. The van der Waals surface area contributed by atoms with Gasteiger partial charge in [-0.15, -0.1) is 0 Å². The van der Waals surface area contributed by atoms with Crippen LogP contribution in [0.15, 0.2) is 90.2 Å². The second kappa shape index (κ2) is 10.3. The number of pyridine rings is 2. The number of hydrogen-bond acceptors (Lipinski definition) is 5. The van der Waals surface area contributed by atoms with Crippen LogP contribution in [0.2, 0.25) is 5.15 Å². The fourth-order valence-corrected chi connectivity index (χ4v) is 3.89. The Morgan fingerprint density at radius 3 is 2.37 bits per heavy atom. The standard InChI is InChI=1S/C23H17ClN4O.C4H6N2/c1-28-20-10-9-16(23(26)15-7-5-14(13-25)6-8-15)11-18(20)17(12-22(28)29)19-3-2-4-21(24)27-19;1-6-3-2-5-4-6/h2-12,23H,26H2,1H3;2-4H,1H3. The Bertz CT molecular complexity index is 1570. The third-order valence-electron chi connectivity index (χ3n) is 5.66. The Hall–Kier alpha value is -4.25. The summed E-state index contributed by atoms with van der Waals surface area (Å²) in [6, 6.07) is 21.6. The number of rotatable bonds is 3. The minimum atomic E-state index is -0.371. The molecule has 0 saturated carbocycles. The summed E-state index contributed by atoms with van der Waals surface area (Å²) in [6.07, 6.45) is 5.39. The van der Waals surface area contributed by atoms with Gasteiger partial charge < -0.3 is 14.9 Å². The van der Waals surface area contributed by atoms with E-state index in [-0.39, 0.29) is 11.6 Å². The molecule has 5 rings (SSSR count). The van der Waals surface area contributed by atoms with Crippen LogP contribution in [0.25, 0.3) is 22.2 Å². The number of hydrogen-bond donors (Lipinski definition) is 1. The van der Waals surface area contributed by atoms with Gasteiger partial charge in [0.1, 0.15) is 5.15 Å². The van der Waals surface area contributed by atoms with Gasteiger partial charge in [-0.1, -0.05) is 35.9 Å². The first-order valence-electron chi connectivity index (χ1n) is 10.8. The van der Waals surface area contributed by atoms with E-state index in [9.17, 15) is 4.79 Å². The van der Waals surface area contributed by atoms with Gasteiger partial charge >= 0.3 is 0 Å².